The number of pyridine rings is 1. The Balaban J connectivity index is 1.51. The number of nitrogens with zero attached hydrogens (tertiary/aromatic N) is 7. The molecule has 0 amide bonds. The fourth-order valence-electron chi connectivity index (χ4n) is 4.27. The summed E-state index contributed by atoms with van der Waals surface area (Å²) in [6.45, 7) is 13.2. The highest BCUT2D eigenvalue weighted by Gasteiger charge is 2.30. The van der Waals surface area contributed by atoms with Crippen LogP contribution in [0.2, 0.25) is 0 Å². The second-order valence-corrected chi connectivity index (χ2v) is 12.6. The lowest BCUT2D eigenvalue weighted by molar-refractivity contribution is 0.00792. The Kier molecular flexibility index (Phi) is 8.21. The normalized spacial score (nSPS) is 15.5. The molecule has 0 spiro atoms. The number of halogens is 2. The van der Waals surface area contributed by atoms with E-state index >= 15 is 0 Å². The number of aromatic nitrogens is 7. The summed E-state index contributed by atoms with van der Waals surface area (Å²) in [4.78, 5) is 13.2. The van der Waals surface area contributed by atoms with Crippen LogP contribution in [0.5, 0.6) is 17.8 Å². The minimum atomic E-state index is -2.85. The fraction of sp³-hybridized carbons (Fsp3) is 0.533. The maximum atomic E-state index is 14.5. The lowest BCUT2D eigenvalue weighted by Gasteiger charge is -2.24. The van der Waals surface area contributed by atoms with E-state index in [0.29, 0.717) is 28.0 Å². The summed E-state index contributed by atoms with van der Waals surface area (Å²) >= 11 is 0. The Labute approximate surface area is 249 Å². The molecule has 11 nitrogen and oxygen atoms in total. The topological polar surface area (TPSA) is 119 Å². The molecule has 2 atom stereocenters. The fourth-order valence-corrected chi connectivity index (χ4v) is 4.27. The van der Waals surface area contributed by atoms with Gasteiger partial charge in [-0.2, -0.15) is 4.98 Å². The number of ether oxygens (including phenoxy) is 4. The molecule has 4 aromatic heterocycles. The first-order chi connectivity index (χ1) is 20.2. The smallest absolute Gasteiger partial charge is 0.320 e. The van der Waals surface area contributed by atoms with Gasteiger partial charge in [-0.05, 0) is 79.5 Å². The van der Waals surface area contributed by atoms with Crippen LogP contribution in [0.25, 0.3) is 22.3 Å². The standard InChI is InChI=1S/C30H37F2N7O4/c1-16(40-18-9-10-18)21-13-17(11-12-33-21)23(24(31)32)41-27-19-14-22(36-37-25(19)39(8)38-27)20-15-34-28(43-30(5,6)7)35-26(20)42-29(2,3)4/h11-16,18,23-24H,9-10H2,1-8H3/t16-,23-/m1/s1. The highest BCUT2D eigenvalue weighted by atomic mass is 19.3. The van der Waals surface area contributed by atoms with Gasteiger partial charge in [0, 0.05) is 25.0 Å². The Hall–Kier alpha value is -4.00. The van der Waals surface area contributed by atoms with Crippen molar-refractivity contribution < 1.29 is 27.7 Å². The van der Waals surface area contributed by atoms with Crippen LogP contribution >= 0.6 is 0 Å². The largest absolute Gasteiger partial charge is 0.471 e. The van der Waals surface area contributed by atoms with Gasteiger partial charge in [0.2, 0.25) is 11.8 Å². The summed E-state index contributed by atoms with van der Waals surface area (Å²) in [5.41, 5.74) is 0.823. The van der Waals surface area contributed by atoms with Crippen molar-refractivity contribution in [3.63, 3.8) is 0 Å². The molecule has 1 aliphatic carbocycles. The van der Waals surface area contributed by atoms with Crippen molar-refractivity contribution in [3.8, 4) is 29.0 Å². The number of hydrogen-bond acceptors (Lipinski definition) is 10. The third kappa shape index (κ3) is 7.51. The van der Waals surface area contributed by atoms with E-state index in [-0.39, 0.29) is 35.5 Å². The van der Waals surface area contributed by atoms with Gasteiger partial charge in [0.15, 0.2) is 11.8 Å². The van der Waals surface area contributed by atoms with Gasteiger partial charge in [-0.3, -0.25) is 4.98 Å². The molecule has 0 bridgehead atoms. The molecular formula is C30H37F2N7O4. The van der Waals surface area contributed by atoms with E-state index in [9.17, 15) is 8.78 Å². The highest BCUT2D eigenvalue weighted by Crippen LogP contribution is 2.36. The average Bonchev–Trinajstić information content (AvgIpc) is 3.67. The zero-order valence-corrected chi connectivity index (χ0v) is 25.6. The second kappa shape index (κ2) is 11.6. The minimum absolute atomic E-state index is 0.0218. The van der Waals surface area contributed by atoms with Crippen molar-refractivity contribution >= 4 is 11.0 Å². The van der Waals surface area contributed by atoms with Gasteiger partial charge in [0.1, 0.15) is 16.9 Å². The van der Waals surface area contributed by atoms with Crippen LogP contribution in [-0.4, -0.2) is 58.7 Å². The summed E-state index contributed by atoms with van der Waals surface area (Å²) in [7, 11) is 1.64. The van der Waals surface area contributed by atoms with Crippen LogP contribution in [0.4, 0.5) is 8.78 Å². The van der Waals surface area contributed by atoms with Crippen LogP contribution in [0.3, 0.4) is 0 Å². The zero-order chi connectivity index (χ0) is 31.1. The van der Waals surface area contributed by atoms with Crippen LogP contribution < -0.4 is 14.2 Å². The Morgan fingerprint density at radius 1 is 0.953 bits per heavy atom. The Morgan fingerprint density at radius 2 is 1.67 bits per heavy atom. The van der Waals surface area contributed by atoms with Crippen LogP contribution in [0.15, 0.2) is 30.6 Å². The molecule has 0 unspecified atom stereocenters. The highest BCUT2D eigenvalue weighted by molar-refractivity contribution is 5.85. The Morgan fingerprint density at radius 3 is 2.33 bits per heavy atom. The molecule has 43 heavy (non-hydrogen) atoms. The minimum Gasteiger partial charge on any atom is -0.471 e. The molecular weight excluding hydrogens is 560 g/mol. The summed E-state index contributed by atoms with van der Waals surface area (Å²) in [6, 6.07) is 4.89. The van der Waals surface area contributed by atoms with Crippen molar-refractivity contribution in [3.05, 3.63) is 41.9 Å². The van der Waals surface area contributed by atoms with Crippen molar-refractivity contribution in [1.82, 2.24) is 34.9 Å². The predicted octanol–water partition coefficient (Wildman–Crippen LogP) is 6.20. The third-order valence-corrected chi connectivity index (χ3v) is 6.30. The molecule has 1 aliphatic rings. The van der Waals surface area contributed by atoms with E-state index < -0.39 is 23.7 Å². The monoisotopic (exact) mass is 597 g/mol. The third-order valence-electron chi connectivity index (χ3n) is 6.30. The van der Waals surface area contributed by atoms with Gasteiger partial charge in [-0.15, -0.1) is 15.3 Å². The molecule has 4 heterocycles. The van der Waals surface area contributed by atoms with E-state index in [1.54, 1.807) is 19.2 Å². The number of aryl methyl sites for hydroxylation is 1. The van der Waals surface area contributed by atoms with Gasteiger partial charge in [-0.25, -0.2) is 18.4 Å². The summed E-state index contributed by atoms with van der Waals surface area (Å²) in [6.07, 6.45) is 0.418. The zero-order valence-electron chi connectivity index (χ0n) is 25.6. The first-order valence-corrected chi connectivity index (χ1v) is 14.2. The lowest BCUT2D eigenvalue weighted by atomic mass is 10.1. The molecule has 0 aromatic carbocycles. The van der Waals surface area contributed by atoms with Crippen LogP contribution in [0, 0.1) is 0 Å². The number of rotatable bonds is 10. The van der Waals surface area contributed by atoms with Gasteiger partial charge >= 0.3 is 6.01 Å². The van der Waals surface area contributed by atoms with Crippen molar-refractivity contribution in [1.29, 1.82) is 0 Å². The quantitative estimate of drug-likeness (QED) is 0.209. The summed E-state index contributed by atoms with van der Waals surface area (Å²) in [5, 5.41) is 13.4. The van der Waals surface area contributed by atoms with E-state index in [2.05, 4.69) is 30.2 Å². The van der Waals surface area contributed by atoms with Crippen LogP contribution in [-0.2, 0) is 11.8 Å². The Bertz CT molecular complexity index is 1600. The maximum Gasteiger partial charge on any atom is 0.320 e. The number of fused-ring (bicyclic) bond motifs is 1. The predicted molar refractivity (Wildman–Crippen MR) is 154 cm³/mol. The van der Waals surface area contributed by atoms with Gasteiger partial charge in [0.05, 0.1) is 28.9 Å². The van der Waals surface area contributed by atoms with E-state index in [4.69, 9.17) is 18.9 Å². The molecule has 0 radical (unpaired) electrons. The molecule has 5 rings (SSSR count). The van der Waals surface area contributed by atoms with Gasteiger partial charge in [0.25, 0.3) is 6.43 Å². The molecule has 0 aliphatic heterocycles. The van der Waals surface area contributed by atoms with E-state index in [1.807, 2.05) is 48.5 Å². The molecule has 0 saturated heterocycles. The maximum absolute atomic E-state index is 14.5. The second-order valence-electron chi connectivity index (χ2n) is 12.6. The van der Waals surface area contributed by atoms with Gasteiger partial charge in [-0.1, -0.05) is 0 Å². The summed E-state index contributed by atoms with van der Waals surface area (Å²) < 4.78 is 54.1. The van der Waals surface area contributed by atoms with Crippen molar-refractivity contribution in [2.24, 2.45) is 7.05 Å². The van der Waals surface area contributed by atoms with E-state index in [0.717, 1.165) is 12.8 Å². The number of hydrogen-bond donors (Lipinski definition) is 0. The van der Waals surface area contributed by atoms with E-state index in [1.165, 1.54) is 23.1 Å². The SMILES string of the molecule is C[C@@H](OC1CC1)c1cc([C@@H](Oc2nn(C)c3nnc(-c4cnc(OC(C)(C)C)nc4OC(C)(C)C)cc23)C(F)F)ccn1. The molecule has 1 fully saturated rings. The first-order valence-electron chi connectivity index (χ1n) is 14.2. The first kappa shape index (κ1) is 30.5. The van der Waals surface area contributed by atoms with Crippen molar-refractivity contribution in [2.45, 2.75) is 97.2 Å². The lowest BCUT2D eigenvalue weighted by Crippen LogP contribution is -2.26. The summed E-state index contributed by atoms with van der Waals surface area (Å²) in [5.74, 6) is 0.213. The van der Waals surface area contributed by atoms with Crippen LogP contribution in [0.1, 0.15) is 84.8 Å². The molecule has 4 aromatic rings. The van der Waals surface area contributed by atoms with Crippen molar-refractivity contribution in [2.75, 3.05) is 0 Å². The molecule has 0 N–H and O–H groups in total. The molecule has 1 saturated carbocycles. The average molecular weight is 598 g/mol. The number of alkyl halides is 2. The van der Waals surface area contributed by atoms with Gasteiger partial charge < -0.3 is 18.9 Å². The molecule has 13 heteroatoms. The molecule has 230 valence electrons.